The molecular formula is C14H27NO3S. The van der Waals surface area contributed by atoms with Crippen LogP contribution in [0, 0.1) is 11.8 Å². The van der Waals surface area contributed by atoms with Crippen molar-refractivity contribution in [3.63, 3.8) is 0 Å². The molecule has 0 saturated heterocycles. The molecule has 1 rings (SSSR count). The van der Waals surface area contributed by atoms with E-state index in [0.29, 0.717) is 37.3 Å². The third kappa shape index (κ3) is 7.82. The molecule has 1 aliphatic carbocycles. The minimum atomic E-state index is -0.775. The van der Waals surface area contributed by atoms with Crippen molar-refractivity contribution in [2.75, 3.05) is 38.3 Å². The Morgan fingerprint density at radius 3 is 2.89 bits per heavy atom. The van der Waals surface area contributed by atoms with Gasteiger partial charge in [-0.3, -0.25) is 4.21 Å². The van der Waals surface area contributed by atoms with Crippen molar-refractivity contribution in [1.29, 1.82) is 0 Å². The number of ether oxygens (including phenoxy) is 1. The highest BCUT2D eigenvalue weighted by atomic mass is 32.2. The zero-order valence-electron chi connectivity index (χ0n) is 12.0. The fraction of sp³-hybridized carbons (Fsp3) is 0.857. The highest BCUT2D eigenvalue weighted by Crippen LogP contribution is 2.24. The molecule has 4 nitrogen and oxygen atoms in total. The van der Waals surface area contributed by atoms with E-state index in [0.717, 1.165) is 19.4 Å². The maximum atomic E-state index is 10.8. The van der Waals surface area contributed by atoms with E-state index in [2.05, 4.69) is 24.4 Å². The zero-order valence-corrected chi connectivity index (χ0v) is 12.8. The standard InChI is InChI=1S/C14H27NO3S/c1-12-5-3-4-6-13(12)10-18-11-14(16)9-15-7-8-19(2)17/h3-4,12-16H,5-11H2,1-2H3. The Hall–Kier alpha value is -0.230. The van der Waals surface area contributed by atoms with Crippen molar-refractivity contribution in [2.24, 2.45) is 11.8 Å². The number of aliphatic hydroxyl groups is 1. The van der Waals surface area contributed by atoms with Crippen LogP contribution in [0.3, 0.4) is 0 Å². The molecule has 0 heterocycles. The molecule has 0 aliphatic heterocycles. The number of rotatable bonds is 9. The molecule has 0 aromatic rings. The molecule has 0 aromatic heterocycles. The lowest BCUT2D eigenvalue weighted by molar-refractivity contribution is 0.0131. The lowest BCUT2D eigenvalue weighted by atomic mass is 9.85. The quantitative estimate of drug-likeness (QED) is 0.490. The summed E-state index contributed by atoms with van der Waals surface area (Å²) in [6.07, 6.45) is 7.86. The second kappa shape index (κ2) is 9.64. The molecule has 5 heteroatoms. The minimum absolute atomic E-state index is 0.370. The van der Waals surface area contributed by atoms with E-state index in [9.17, 15) is 9.32 Å². The largest absolute Gasteiger partial charge is 0.389 e. The van der Waals surface area contributed by atoms with Crippen LogP contribution in [0.25, 0.3) is 0 Å². The summed E-state index contributed by atoms with van der Waals surface area (Å²) in [5, 5.41) is 12.8. The molecule has 0 spiro atoms. The van der Waals surface area contributed by atoms with Gasteiger partial charge < -0.3 is 15.2 Å². The Balaban J connectivity index is 2.02. The fourth-order valence-electron chi connectivity index (χ4n) is 2.14. The van der Waals surface area contributed by atoms with Crippen molar-refractivity contribution in [1.82, 2.24) is 5.32 Å². The summed E-state index contributed by atoms with van der Waals surface area (Å²) >= 11 is 0. The van der Waals surface area contributed by atoms with Crippen LogP contribution in [-0.2, 0) is 15.5 Å². The third-order valence-corrected chi connectivity index (χ3v) is 4.29. The van der Waals surface area contributed by atoms with Gasteiger partial charge >= 0.3 is 0 Å². The van der Waals surface area contributed by atoms with Crippen molar-refractivity contribution < 1.29 is 14.1 Å². The molecule has 4 unspecified atom stereocenters. The van der Waals surface area contributed by atoms with Crippen molar-refractivity contribution >= 4 is 10.8 Å². The highest BCUT2D eigenvalue weighted by Gasteiger charge is 2.18. The van der Waals surface area contributed by atoms with E-state index in [1.807, 2.05) is 0 Å². The van der Waals surface area contributed by atoms with Gasteiger partial charge in [-0.05, 0) is 24.7 Å². The molecule has 0 bridgehead atoms. The second-order valence-corrected chi connectivity index (χ2v) is 6.91. The normalized spacial score (nSPS) is 26.3. The maximum Gasteiger partial charge on any atom is 0.0897 e. The summed E-state index contributed by atoms with van der Waals surface area (Å²) in [6.45, 7) is 4.51. The summed E-state index contributed by atoms with van der Waals surface area (Å²) in [5.41, 5.74) is 0. The van der Waals surface area contributed by atoms with Gasteiger partial charge in [-0.1, -0.05) is 19.1 Å². The van der Waals surface area contributed by atoms with Gasteiger partial charge in [0, 0.05) is 35.9 Å². The van der Waals surface area contributed by atoms with E-state index in [1.54, 1.807) is 6.26 Å². The first-order valence-corrected chi connectivity index (χ1v) is 8.74. The van der Waals surface area contributed by atoms with Crippen LogP contribution in [-0.4, -0.2) is 53.7 Å². The molecule has 0 aromatic carbocycles. The molecule has 4 atom stereocenters. The van der Waals surface area contributed by atoms with E-state index in [4.69, 9.17) is 4.74 Å². The van der Waals surface area contributed by atoms with Crippen LogP contribution >= 0.6 is 0 Å². The van der Waals surface area contributed by atoms with Gasteiger partial charge in [0.2, 0.25) is 0 Å². The highest BCUT2D eigenvalue weighted by molar-refractivity contribution is 7.84. The van der Waals surface area contributed by atoms with Gasteiger partial charge in [0.05, 0.1) is 19.3 Å². The Morgan fingerprint density at radius 2 is 2.21 bits per heavy atom. The topological polar surface area (TPSA) is 58.6 Å². The molecule has 0 saturated carbocycles. The first-order chi connectivity index (χ1) is 9.09. The van der Waals surface area contributed by atoms with Crippen molar-refractivity contribution in [3.05, 3.63) is 12.2 Å². The van der Waals surface area contributed by atoms with E-state index < -0.39 is 16.9 Å². The number of hydrogen-bond donors (Lipinski definition) is 2. The van der Waals surface area contributed by atoms with Gasteiger partial charge in [0.25, 0.3) is 0 Å². The number of hydrogen-bond acceptors (Lipinski definition) is 4. The van der Waals surface area contributed by atoms with Crippen molar-refractivity contribution in [3.8, 4) is 0 Å². The van der Waals surface area contributed by atoms with E-state index in [-0.39, 0.29) is 0 Å². The van der Waals surface area contributed by atoms with Crippen LogP contribution in [0.5, 0.6) is 0 Å². The first kappa shape index (κ1) is 16.8. The van der Waals surface area contributed by atoms with Gasteiger partial charge in [0.1, 0.15) is 0 Å². The fourth-order valence-corrected chi connectivity index (χ4v) is 2.57. The number of aliphatic hydroxyl groups excluding tert-OH is 1. The molecule has 0 fully saturated rings. The van der Waals surface area contributed by atoms with Crippen LogP contribution in [0.2, 0.25) is 0 Å². The lowest BCUT2D eigenvalue weighted by Crippen LogP contribution is -2.33. The zero-order chi connectivity index (χ0) is 14.1. The van der Waals surface area contributed by atoms with Crippen LogP contribution < -0.4 is 5.32 Å². The first-order valence-electron chi connectivity index (χ1n) is 7.01. The molecule has 0 amide bonds. The summed E-state index contributed by atoms with van der Waals surface area (Å²) < 4.78 is 16.4. The summed E-state index contributed by atoms with van der Waals surface area (Å²) in [6, 6.07) is 0. The smallest absolute Gasteiger partial charge is 0.0897 e. The molecule has 0 radical (unpaired) electrons. The van der Waals surface area contributed by atoms with Crippen molar-refractivity contribution in [2.45, 2.75) is 25.9 Å². The molecular weight excluding hydrogens is 262 g/mol. The SMILES string of the molecule is CC1CC=CCC1COCC(O)CNCCS(C)=O. The van der Waals surface area contributed by atoms with E-state index in [1.165, 1.54) is 0 Å². The monoisotopic (exact) mass is 289 g/mol. The van der Waals surface area contributed by atoms with Gasteiger partial charge in [-0.2, -0.15) is 0 Å². The Kier molecular flexibility index (Phi) is 8.53. The average Bonchev–Trinajstić information content (AvgIpc) is 2.37. The van der Waals surface area contributed by atoms with Crippen LogP contribution in [0.1, 0.15) is 19.8 Å². The molecule has 19 heavy (non-hydrogen) atoms. The summed E-state index contributed by atoms with van der Waals surface area (Å²) in [5.74, 6) is 1.87. The molecule has 112 valence electrons. The second-order valence-electron chi connectivity index (χ2n) is 5.35. The van der Waals surface area contributed by atoms with Crippen LogP contribution in [0.15, 0.2) is 12.2 Å². The van der Waals surface area contributed by atoms with E-state index >= 15 is 0 Å². The molecule has 2 N–H and O–H groups in total. The average molecular weight is 289 g/mol. The minimum Gasteiger partial charge on any atom is -0.389 e. The predicted octanol–water partition coefficient (Wildman–Crippen LogP) is 0.934. The Labute approximate surface area is 119 Å². The molecule has 1 aliphatic rings. The Morgan fingerprint density at radius 1 is 1.47 bits per heavy atom. The number of allylic oxidation sites excluding steroid dienone is 2. The van der Waals surface area contributed by atoms with Gasteiger partial charge in [-0.15, -0.1) is 0 Å². The summed E-state index contributed by atoms with van der Waals surface area (Å²) in [7, 11) is -0.775. The lowest BCUT2D eigenvalue weighted by Gasteiger charge is -2.25. The third-order valence-electron chi connectivity index (χ3n) is 3.51. The van der Waals surface area contributed by atoms with Crippen LogP contribution in [0.4, 0.5) is 0 Å². The predicted molar refractivity (Wildman–Crippen MR) is 79.7 cm³/mol. The maximum absolute atomic E-state index is 10.8. The van der Waals surface area contributed by atoms with Gasteiger partial charge in [-0.25, -0.2) is 0 Å². The Bertz CT molecular complexity index is 296. The van der Waals surface area contributed by atoms with Gasteiger partial charge in [0.15, 0.2) is 0 Å². The number of nitrogens with one attached hydrogen (secondary N) is 1. The summed E-state index contributed by atoms with van der Waals surface area (Å²) in [4.78, 5) is 0.